The third kappa shape index (κ3) is 5.48. The van der Waals surface area contributed by atoms with Gasteiger partial charge in [0.15, 0.2) is 5.17 Å². The second-order valence-corrected chi connectivity index (χ2v) is 10.9. The van der Waals surface area contributed by atoms with Gasteiger partial charge in [-0.3, -0.25) is 4.79 Å². The van der Waals surface area contributed by atoms with E-state index in [1.807, 2.05) is 37.4 Å². The van der Waals surface area contributed by atoms with Gasteiger partial charge in [-0.05, 0) is 81.4 Å². The number of carbonyl (C=O) groups excluding carboxylic acids is 1. The number of hydrogen-bond acceptors (Lipinski definition) is 8. The Morgan fingerprint density at radius 1 is 1.30 bits per heavy atom. The van der Waals surface area contributed by atoms with Gasteiger partial charge in [-0.1, -0.05) is 6.42 Å². The van der Waals surface area contributed by atoms with Crippen molar-refractivity contribution in [3.05, 3.63) is 44.7 Å². The van der Waals surface area contributed by atoms with Gasteiger partial charge in [0.25, 0.3) is 5.91 Å². The number of aryl methyl sites for hydroxylation is 1. The molecule has 0 radical (unpaired) electrons. The lowest BCUT2D eigenvalue weighted by Gasteiger charge is -2.20. The standard InChI is InChI=1S/C24H29N5O2S2/c1-15-11-16(31-17-8-10-29(2)14-17)6-7-19(15)27-24-28-22(30)21(33-24)12-18-13-26-23(32-18)20-5-3-4-9-25-20/h6-7,11-13,17,20,25H,3-5,8-10,14H2,1-2H3,(H,27,28,30)/b21-12-. The minimum Gasteiger partial charge on any atom is -0.489 e. The number of thiazole rings is 1. The number of likely N-dealkylation sites (tertiary alicyclic amines) is 1. The fourth-order valence-electron chi connectivity index (χ4n) is 4.32. The molecule has 0 bridgehead atoms. The summed E-state index contributed by atoms with van der Waals surface area (Å²) >= 11 is 3.02. The third-order valence-electron chi connectivity index (χ3n) is 6.12. The highest BCUT2D eigenvalue weighted by atomic mass is 32.2. The molecule has 1 aromatic carbocycles. The van der Waals surface area contributed by atoms with E-state index in [-0.39, 0.29) is 12.0 Å². The Bertz CT molecular complexity index is 1090. The summed E-state index contributed by atoms with van der Waals surface area (Å²) in [6, 6.07) is 6.27. The number of aromatic nitrogens is 1. The van der Waals surface area contributed by atoms with Gasteiger partial charge < -0.3 is 20.3 Å². The maximum atomic E-state index is 12.5. The summed E-state index contributed by atoms with van der Waals surface area (Å²) in [5.74, 6) is 0.751. The Morgan fingerprint density at radius 2 is 2.21 bits per heavy atom. The SMILES string of the molecule is Cc1cc(OC2CCN(C)C2)ccc1N=C1NC(=O)/C(=C/c2cnc(C3CCCCN3)s2)S1. The van der Waals surface area contributed by atoms with Gasteiger partial charge in [-0.2, -0.15) is 0 Å². The molecular formula is C24H29N5O2S2. The van der Waals surface area contributed by atoms with Crippen molar-refractivity contribution < 1.29 is 9.53 Å². The molecule has 2 aromatic rings. The molecule has 0 spiro atoms. The Labute approximate surface area is 202 Å². The highest BCUT2D eigenvalue weighted by Crippen LogP contribution is 2.33. The summed E-state index contributed by atoms with van der Waals surface area (Å²) < 4.78 is 6.11. The van der Waals surface area contributed by atoms with Crippen LogP contribution in [0.1, 0.15) is 47.2 Å². The van der Waals surface area contributed by atoms with Crippen LogP contribution >= 0.6 is 23.1 Å². The molecular weight excluding hydrogens is 454 g/mol. The lowest BCUT2D eigenvalue weighted by atomic mass is 10.1. The van der Waals surface area contributed by atoms with E-state index in [1.54, 1.807) is 11.3 Å². The summed E-state index contributed by atoms with van der Waals surface area (Å²) in [4.78, 5) is 25.7. The number of likely N-dealkylation sites (N-methyl/N-ethyl adjacent to an activating group) is 1. The van der Waals surface area contributed by atoms with Crippen LogP contribution in [-0.2, 0) is 4.79 Å². The average molecular weight is 484 g/mol. The van der Waals surface area contributed by atoms with E-state index >= 15 is 0 Å². The molecule has 33 heavy (non-hydrogen) atoms. The van der Waals surface area contributed by atoms with Gasteiger partial charge in [-0.15, -0.1) is 11.3 Å². The van der Waals surface area contributed by atoms with Crippen molar-refractivity contribution in [2.24, 2.45) is 4.99 Å². The first-order valence-electron chi connectivity index (χ1n) is 11.5. The summed E-state index contributed by atoms with van der Waals surface area (Å²) in [7, 11) is 2.12. The second-order valence-electron chi connectivity index (χ2n) is 8.82. The first-order valence-corrected chi connectivity index (χ1v) is 13.1. The van der Waals surface area contributed by atoms with E-state index in [4.69, 9.17) is 4.74 Å². The smallest absolute Gasteiger partial charge is 0.264 e. The molecule has 0 aliphatic carbocycles. The monoisotopic (exact) mass is 483 g/mol. The van der Waals surface area contributed by atoms with Gasteiger partial charge >= 0.3 is 0 Å². The Balaban J connectivity index is 1.25. The number of rotatable bonds is 5. The summed E-state index contributed by atoms with van der Waals surface area (Å²) in [6.07, 6.45) is 8.64. The van der Waals surface area contributed by atoms with Crippen LogP contribution in [0.5, 0.6) is 5.75 Å². The zero-order valence-electron chi connectivity index (χ0n) is 19.0. The largest absolute Gasteiger partial charge is 0.489 e. The van der Waals surface area contributed by atoms with E-state index in [9.17, 15) is 4.79 Å². The van der Waals surface area contributed by atoms with E-state index in [2.05, 4.69) is 32.6 Å². The van der Waals surface area contributed by atoms with Crippen LogP contribution in [0, 0.1) is 6.92 Å². The van der Waals surface area contributed by atoms with E-state index < -0.39 is 0 Å². The summed E-state index contributed by atoms with van der Waals surface area (Å²) in [6.45, 7) is 5.09. The molecule has 1 amide bonds. The molecule has 2 N–H and O–H groups in total. The molecule has 3 aliphatic heterocycles. The number of carbonyl (C=O) groups is 1. The molecule has 0 saturated carbocycles. The van der Waals surface area contributed by atoms with Crippen molar-refractivity contribution in [1.29, 1.82) is 0 Å². The van der Waals surface area contributed by atoms with Crippen molar-refractivity contribution in [1.82, 2.24) is 20.5 Å². The highest BCUT2D eigenvalue weighted by Gasteiger charge is 2.25. The molecule has 3 fully saturated rings. The lowest BCUT2D eigenvalue weighted by molar-refractivity contribution is -0.115. The van der Waals surface area contributed by atoms with Crippen LogP contribution in [0.3, 0.4) is 0 Å². The van der Waals surface area contributed by atoms with Crippen molar-refractivity contribution in [2.45, 2.75) is 44.8 Å². The molecule has 2 atom stereocenters. The van der Waals surface area contributed by atoms with Crippen molar-refractivity contribution in [2.75, 3.05) is 26.7 Å². The molecule has 2 unspecified atom stereocenters. The fourth-order valence-corrected chi connectivity index (χ4v) is 6.19. The lowest BCUT2D eigenvalue weighted by Crippen LogP contribution is -2.26. The second kappa shape index (κ2) is 9.97. The number of amidine groups is 1. The fraction of sp³-hybridized carbons (Fsp3) is 0.458. The third-order valence-corrected chi connectivity index (χ3v) is 8.08. The topological polar surface area (TPSA) is 78.8 Å². The van der Waals surface area contributed by atoms with Crippen LogP contribution in [-0.4, -0.2) is 53.7 Å². The first-order chi connectivity index (χ1) is 16.0. The minimum absolute atomic E-state index is 0.118. The number of thioether (sulfide) groups is 1. The zero-order valence-corrected chi connectivity index (χ0v) is 20.6. The van der Waals surface area contributed by atoms with E-state index in [1.165, 1.54) is 24.6 Å². The van der Waals surface area contributed by atoms with Crippen LogP contribution in [0.25, 0.3) is 6.08 Å². The quantitative estimate of drug-likeness (QED) is 0.620. The Morgan fingerprint density at radius 3 is 2.97 bits per heavy atom. The predicted octanol–water partition coefficient (Wildman–Crippen LogP) is 4.24. The number of ether oxygens (including phenoxy) is 1. The van der Waals surface area contributed by atoms with Crippen molar-refractivity contribution >= 4 is 45.9 Å². The van der Waals surface area contributed by atoms with Gasteiger partial charge in [0.2, 0.25) is 0 Å². The highest BCUT2D eigenvalue weighted by molar-refractivity contribution is 8.18. The first kappa shape index (κ1) is 22.6. The molecule has 7 nitrogen and oxygen atoms in total. The summed E-state index contributed by atoms with van der Waals surface area (Å²) in [5, 5.41) is 8.11. The van der Waals surface area contributed by atoms with Gasteiger partial charge in [-0.25, -0.2) is 9.98 Å². The molecule has 4 heterocycles. The van der Waals surface area contributed by atoms with Crippen molar-refractivity contribution in [3.8, 4) is 5.75 Å². The number of nitrogens with one attached hydrogen (secondary N) is 2. The van der Waals surface area contributed by atoms with Crippen LogP contribution in [0.2, 0.25) is 0 Å². The van der Waals surface area contributed by atoms with E-state index in [0.29, 0.717) is 16.1 Å². The maximum Gasteiger partial charge on any atom is 0.264 e. The number of nitrogens with zero attached hydrogens (tertiary/aromatic N) is 3. The average Bonchev–Trinajstić information content (AvgIpc) is 3.52. The molecule has 3 saturated heterocycles. The van der Waals surface area contributed by atoms with Gasteiger partial charge in [0.1, 0.15) is 16.9 Å². The van der Waals surface area contributed by atoms with Gasteiger partial charge in [0, 0.05) is 24.2 Å². The summed E-state index contributed by atoms with van der Waals surface area (Å²) in [5.41, 5.74) is 1.85. The number of piperidine rings is 1. The number of benzene rings is 1. The molecule has 174 valence electrons. The minimum atomic E-state index is -0.118. The van der Waals surface area contributed by atoms with Crippen LogP contribution in [0.4, 0.5) is 5.69 Å². The zero-order chi connectivity index (χ0) is 22.8. The Kier molecular flexibility index (Phi) is 6.82. The normalized spacial score (nSPS) is 26.3. The molecule has 5 rings (SSSR count). The predicted molar refractivity (Wildman–Crippen MR) is 135 cm³/mol. The van der Waals surface area contributed by atoms with E-state index in [0.717, 1.165) is 59.4 Å². The van der Waals surface area contributed by atoms with Crippen molar-refractivity contribution in [3.63, 3.8) is 0 Å². The number of amides is 1. The molecule has 9 heteroatoms. The number of aliphatic imine (C=N–C) groups is 1. The van der Waals surface area contributed by atoms with Crippen LogP contribution < -0.4 is 15.4 Å². The maximum absolute atomic E-state index is 12.5. The Hall–Kier alpha value is -2.20. The number of hydrogen-bond donors (Lipinski definition) is 2. The van der Waals surface area contributed by atoms with Crippen LogP contribution in [0.15, 0.2) is 34.3 Å². The molecule has 3 aliphatic rings. The molecule has 1 aromatic heterocycles. The van der Waals surface area contributed by atoms with Gasteiger partial charge in [0.05, 0.1) is 16.6 Å².